The molecule has 0 aliphatic carbocycles. The van der Waals surface area contributed by atoms with Gasteiger partial charge in [0.25, 0.3) is 0 Å². The zero-order valence-corrected chi connectivity index (χ0v) is 13.3. The number of benzene rings is 1. The molecular weight excluding hydrogens is 286 g/mol. The number of hydrogen-bond donors (Lipinski definition) is 3. The highest BCUT2D eigenvalue weighted by atomic mass is 16.6. The summed E-state index contributed by atoms with van der Waals surface area (Å²) in [5, 5.41) is 21.7. The minimum atomic E-state index is -0.784. The van der Waals surface area contributed by atoms with Crippen molar-refractivity contribution < 1.29 is 24.4 Å². The number of aliphatic hydroxyl groups is 2. The number of rotatable bonds is 6. The monoisotopic (exact) mass is 313 g/mol. The fourth-order valence-electron chi connectivity index (χ4n) is 1.59. The molecule has 1 aromatic carbocycles. The van der Waals surface area contributed by atoms with E-state index < -0.39 is 12.6 Å². The van der Waals surface area contributed by atoms with Gasteiger partial charge in [0.05, 0.1) is 13.2 Å². The standard InChI is InChI=1S/C12H18O4.C4H9NO/c1-3-11(13)15-9-5-7-10(8-6-9)16-12(14)4-2;1-3-6-4-2-5-1/h5-8,11-14H,3-4H2,1-2H3;5H,1-4H2. The van der Waals surface area contributed by atoms with Gasteiger partial charge in [0.2, 0.25) is 0 Å². The molecule has 0 spiro atoms. The van der Waals surface area contributed by atoms with Crippen molar-refractivity contribution in [2.75, 3.05) is 26.3 Å². The van der Waals surface area contributed by atoms with Crippen molar-refractivity contribution in [2.24, 2.45) is 0 Å². The van der Waals surface area contributed by atoms with Gasteiger partial charge in [0, 0.05) is 25.9 Å². The van der Waals surface area contributed by atoms with Gasteiger partial charge in [-0.05, 0) is 24.3 Å². The van der Waals surface area contributed by atoms with Gasteiger partial charge in [0.1, 0.15) is 11.5 Å². The second-order valence-electron chi connectivity index (χ2n) is 4.80. The van der Waals surface area contributed by atoms with E-state index in [9.17, 15) is 10.2 Å². The van der Waals surface area contributed by atoms with Crippen LogP contribution in [0, 0.1) is 0 Å². The van der Waals surface area contributed by atoms with Crippen molar-refractivity contribution in [1.82, 2.24) is 5.32 Å². The second kappa shape index (κ2) is 11.3. The number of morpholine rings is 1. The Balaban J connectivity index is 0.000000335. The Kier molecular flexibility index (Phi) is 9.57. The second-order valence-corrected chi connectivity index (χ2v) is 4.80. The molecule has 0 amide bonds. The van der Waals surface area contributed by atoms with Gasteiger partial charge in [-0.2, -0.15) is 0 Å². The summed E-state index contributed by atoms with van der Waals surface area (Å²) in [5.41, 5.74) is 0. The third kappa shape index (κ3) is 8.19. The van der Waals surface area contributed by atoms with Crippen molar-refractivity contribution in [1.29, 1.82) is 0 Å². The van der Waals surface area contributed by atoms with E-state index in [1.165, 1.54) is 0 Å². The van der Waals surface area contributed by atoms with Gasteiger partial charge in [-0.1, -0.05) is 13.8 Å². The van der Waals surface area contributed by atoms with Crippen LogP contribution in [0.5, 0.6) is 11.5 Å². The van der Waals surface area contributed by atoms with Gasteiger partial charge in [0.15, 0.2) is 12.6 Å². The summed E-state index contributed by atoms with van der Waals surface area (Å²) in [6, 6.07) is 6.76. The predicted octanol–water partition coefficient (Wildman–Crippen LogP) is 1.51. The van der Waals surface area contributed by atoms with E-state index in [0.29, 0.717) is 24.3 Å². The highest BCUT2D eigenvalue weighted by molar-refractivity contribution is 5.31. The van der Waals surface area contributed by atoms with Crippen LogP contribution in [0.25, 0.3) is 0 Å². The van der Waals surface area contributed by atoms with Crippen LogP contribution < -0.4 is 14.8 Å². The van der Waals surface area contributed by atoms with Crippen LogP contribution in [-0.4, -0.2) is 49.1 Å². The van der Waals surface area contributed by atoms with E-state index in [0.717, 1.165) is 26.3 Å². The lowest BCUT2D eigenvalue weighted by Gasteiger charge is -2.13. The Hall–Kier alpha value is -1.34. The fraction of sp³-hybridized carbons (Fsp3) is 0.625. The number of ether oxygens (including phenoxy) is 3. The van der Waals surface area contributed by atoms with Crippen LogP contribution >= 0.6 is 0 Å². The largest absolute Gasteiger partial charge is 0.465 e. The Morgan fingerprint density at radius 1 is 0.955 bits per heavy atom. The highest BCUT2D eigenvalue weighted by Gasteiger charge is 2.05. The van der Waals surface area contributed by atoms with E-state index >= 15 is 0 Å². The molecule has 126 valence electrons. The molecule has 1 aliphatic heterocycles. The van der Waals surface area contributed by atoms with Gasteiger partial charge >= 0.3 is 0 Å². The molecule has 2 unspecified atom stereocenters. The van der Waals surface area contributed by atoms with Crippen molar-refractivity contribution in [3.8, 4) is 11.5 Å². The molecule has 2 atom stereocenters. The topological polar surface area (TPSA) is 80.2 Å². The SMILES string of the molecule is C1COCCN1.CCC(O)Oc1ccc(OC(O)CC)cc1. The molecule has 0 aromatic heterocycles. The van der Waals surface area contributed by atoms with Crippen LogP contribution in [0.2, 0.25) is 0 Å². The van der Waals surface area contributed by atoms with E-state index in [1.54, 1.807) is 24.3 Å². The molecule has 1 heterocycles. The van der Waals surface area contributed by atoms with Crippen molar-refractivity contribution in [2.45, 2.75) is 39.3 Å². The minimum absolute atomic E-state index is 0.535. The lowest BCUT2D eigenvalue weighted by atomic mass is 10.3. The molecule has 6 heteroatoms. The fourth-order valence-corrected chi connectivity index (χ4v) is 1.59. The average molecular weight is 313 g/mol. The molecule has 0 bridgehead atoms. The summed E-state index contributed by atoms with van der Waals surface area (Å²) in [4.78, 5) is 0. The van der Waals surface area contributed by atoms with Gasteiger partial charge in [-0.15, -0.1) is 0 Å². The van der Waals surface area contributed by atoms with Gasteiger partial charge < -0.3 is 29.7 Å². The first-order valence-corrected chi connectivity index (χ1v) is 7.73. The number of aliphatic hydroxyl groups excluding tert-OH is 2. The lowest BCUT2D eigenvalue weighted by molar-refractivity contribution is -0.0221. The molecule has 3 N–H and O–H groups in total. The molecule has 1 fully saturated rings. The summed E-state index contributed by atoms with van der Waals surface area (Å²) in [7, 11) is 0. The zero-order valence-electron chi connectivity index (χ0n) is 13.3. The summed E-state index contributed by atoms with van der Waals surface area (Å²) in [5.74, 6) is 1.15. The molecule has 22 heavy (non-hydrogen) atoms. The van der Waals surface area contributed by atoms with E-state index in [-0.39, 0.29) is 0 Å². The molecule has 1 aromatic rings. The molecule has 0 radical (unpaired) electrons. The Bertz CT molecular complexity index is 338. The lowest BCUT2D eigenvalue weighted by Crippen LogP contribution is -2.30. The Morgan fingerprint density at radius 3 is 1.59 bits per heavy atom. The van der Waals surface area contributed by atoms with Crippen molar-refractivity contribution in [3.63, 3.8) is 0 Å². The van der Waals surface area contributed by atoms with E-state index in [1.807, 2.05) is 13.8 Å². The molecule has 6 nitrogen and oxygen atoms in total. The first-order chi connectivity index (χ1) is 10.7. The minimum Gasteiger partial charge on any atom is -0.465 e. The zero-order chi connectivity index (χ0) is 16.2. The maximum Gasteiger partial charge on any atom is 0.197 e. The first-order valence-electron chi connectivity index (χ1n) is 7.73. The van der Waals surface area contributed by atoms with Crippen LogP contribution in [0.3, 0.4) is 0 Å². The predicted molar refractivity (Wildman–Crippen MR) is 84.0 cm³/mol. The third-order valence-electron chi connectivity index (χ3n) is 2.91. The van der Waals surface area contributed by atoms with Crippen molar-refractivity contribution in [3.05, 3.63) is 24.3 Å². The van der Waals surface area contributed by atoms with Crippen LogP contribution in [0.4, 0.5) is 0 Å². The highest BCUT2D eigenvalue weighted by Crippen LogP contribution is 2.19. The molecule has 0 saturated carbocycles. The smallest absolute Gasteiger partial charge is 0.197 e. The maximum atomic E-state index is 9.27. The van der Waals surface area contributed by atoms with Crippen LogP contribution in [0.1, 0.15) is 26.7 Å². The van der Waals surface area contributed by atoms with Crippen LogP contribution in [0.15, 0.2) is 24.3 Å². The number of hydrogen-bond acceptors (Lipinski definition) is 6. The maximum absolute atomic E-state index is 9.27. The van der Waals surface area contributed by atoms with E-state index in [2.05, 4.69) is 5.32 Å². The third-order valence-corrected chi connectivity index (χ3v) is 2.91. The van der Waals surface area contributed by atoms with Gasteiger partial charge in [-0.25, -0.2) is 0 Å². The summed E-state index contributed by atoms with van der Waals surface area (Å²) in [6.07, 6.45) is -0.499. The van der Waals surface area contributed by atoms with Crippen molar-refractivity contribution >= 4 is 0 Å². The Morgan fingerprint density at radius 2 is 1.36 bits per heavy atom. The first kappa shape index (κ1) is 18.7. The molecule has 1 saturated heterocycles. The van der Waals surface area contributed by atoms with Crippen LogP contribution in [-0.2, 0) is 4.74 Å². The quantitative estimate of drug-likeness (QED) is 0.691. The van der Waals surface area contributed by atoms with Gasteiger partial charge in [-0.3, -0.25) is 0 Å². The van der Waals surface area contributed by atoms with E-state index in [4.69, 9.17) is 14.2 Å². The summed E-state index contributed by atoms with van der Waals surface area (Å²) in [6.45, 7) is 7.50. The molecule has 2 rings (SSSR count). The molecule has 1 aliphatic rings. The number of nitrogens with one attached hydrogen (secondary N) is 1. The summed E-state index contributed by atoms with van der Waals surface area (Å²) < 4.78 is 15.4. The Labute approximate surface area is 132 Å². The summed E-state index contributed by atoms with van der Waals surface area (Å²) >= 11 is 0. The normalized spacial score (nSPS) is 16.9. The average Bonchev–Trinajstić information content (AvgIpc) is 2.58. The molecular formula is C16H27NO5.